The maximum atomic E-state index is 11.7. The zero-order valence-corrected chi connectivity index (χ0v) is 11.7. The zero-order chi connectivity index (χ0) is 13.8. The van der Waals surface area contributed by atoms with Gasteiger partial charge in [-0.1, -0.05) is 36.8 Å². The molecular formula is C15H23NO2. The van der Waals surface area contributed by atoms with E-state index in [2.05, 4.69) is 36.5 Å². The van der Waals surface area contributed by atoms with Crippen LogP contribution < -0.4 is 5.32 Å². The Labute approximate surface area is 109 Å². The van der Waals surface area contributed by atoms with Crippen LogP contribution in [0, 0.1) is 6.92 Å². The lowest BCUT2D eigenvalue weighted by molar-refractivity contribution is -0.137. The minimum Gasteiger partial charge on any atom is -0.381 e. The van der Waals surface area contributed by atoms with Crippen molar-refractivity contribution in [3.05, 3.63) is 35.4 Å². The van der Waals surface area contributed by atoms with Crippen molar-refractivity contribution in [2.24, 2.45) is 0 Å². The Balaban J connectivity index is 2.62. The summed E-state index contributed by atoms with van der Waals surface area (Å²) < 4.78 is 0. The summed E-state index contributed by atoms with van der Waals surface area (Å²) in [5.74, 6) is -0.318. The number of hydrogen-bond acceptors (Lipinski definition) is 2. The lowest BCUT2D eigenvalue weighted by Gasteiger charge is -2.22. The first-order valence-corrected chi connectivity index (χ1v) is 6.41. The molecule has 1 amide bonds. The number of amides is 1. The summed E-state index contributed by atoms with van der Waals surface area (Å²) in [5, 5.41) is 12.5. The van der Waals surface area contributed by atoms with E-state index in [4.69, 9.17) is 0 Å². The van der Waals surface area contributed by atoms with Gasteiger partial charge in [-0.15, -0.1) is 0 Å². The minimum atomic E-state index is -1.32. The second kappa shape index (κ2) is 6.01. The molecule has 3 heteroatoms. The van der Waals surface area contributed by atoms with E-state index in [-0.39, 0.29) is 11.9 Å². The molecule has 0 bridgehead atoms. The zero-order valence-electron chi connectivity index (χ0n) is 11.7. The molecule has 0 aliphatic carbocycles. The van der Waals surface area contributed by atoms with Gasteiger partial charge in [-0.2, -0.15) is 0 Å². The van der Waals surface area contributed by atoms with Gasteiger partial charge in [0.1, 0.15) is 5.60 Å². The molecule has 18 heavy (non-hydrogen) atoms. The van der Waals surface area contributed by atoms with Crippen LogP contribution in [0.4, 0.5) is 0 Å². The summed E-state index contributed by atoms with van der Waals surface area (Å²) in [6.45, 7) is 7.09. The van der Waals surface area contributed by atoms with E-state index in [0.717, 1.165) is 12.8 Å². The molecule has 0 fully saturated rings. The first-order valence-electron chi connectivity index (χ1n) is 6.41. The molecule has 1 aromatic rings. The van der Waals surface area contributed by atoms with E-state index in [1.807, 2.05) is 6.92 Å². The SMILES string of the molecule is CCC(Cc1ccc(C)cc1)NC(=O)C(C)(C)O. The highest BCUT2D eigenvalue weighted by Gasteiger charge is 2.25. The van der Waals surface area contributed by atoms with E-state index < -0.39 is 5.60 Å². The number of carbonyl (C=O) groups is 1. The molecule has 0 spiro atoms. The first-order chi connectivity index (χ1) is 8.32. The lowest BCUT2D eigenvalue weighted by atomic mass is 10.0. The van der Waals surface area contributed by atoms with Gasteiger partial charge >= 0.3 is 0 Å². The Kier molecular flexibility index (Phi) is 4.91. The maximum Gasteiger partial charge on any atom is 0.251 e. The van der Waals surface area contributed by atoms with Gasteiger partial charge in [0.15, 0.2) is 0 Å². The summed E-state index contributed by atoms with van der Waals surface area (Å²) in [5.41, 5.74) is 1.11. The molecule has 0 saturated heterocycles. The van der Waals surface area contributed by atoms with Crippen LogP contribution in [0.15, 0.2) is 24.3 Å². The van der Waals surface area contributed by atoms with Gasteiger partial charge in [0.2, 0.25) is 0 Å². The highest BCUT2D eigenvalue weighted by Crippen LogP contribution is 2.09. The molecule has 0 heterocycles. The van der Waals surface area contributed by atoms with Crippen molar-refractivity contribution in [2.75, 3.05) is 0 Å². The van der Waals surface area contributed by atoms with E-state index in [1.54, 1.807) is 0 Å². The highest BCUT2D eigenvalue weighted by atomic mass is 16.3. The Morgan fingerprint density at radius 3 is 2.33 bits per heavy atom. The second-order valence-corrected chi connectivity index (χ2v) is 5.33. The van der Waals surface area contributed by atoms with Crippen molar-refractivity contribution >= 4 is 5.91 Å². The fraction of sp³-hybridized carbons (Fsp3) is 0.533. The fourth-order valence-electron chi connectivity index (χ4n) is 1.67. The van der Waals surface area contributed by atoms with Crippen LogP contribution in [0.5, 0.6) is 0 Å². The third-order valence-electron chi connectivity index (χ3n) is 2.99. The number of rotatable bonds is 5. The smallest absolute Gasteiger partial charge is 0.251 e. The van der Waals surface area contributed by atoms with E-state index in [9.17, 15) is 9.90 Å². The van der Waals surface area contributed by atoms with Gasteiger partial charge < -0.3 is 10.4 Å². The molecule has 0 aliphatic rings. The average molecular weight is 249 g/mol. The predicted octanol–water partition coefficient (Wildman–Crippen LogP) is 2.20. The second-order valence-electron chi connectivity index (χ2n) is 5.33. The Bertz CT molecular complexity index is 390. The van der Waals surface area contributed by atoms with Gasteiger partial charge in [0, 0.05) is 6.04 Å². The standard InChI is InChI=1S/C15H23NO2/c1-5-13(16-14(17)15(3,4)18)10-12-8-6-11(2)7-9-12/h6-9,13,18H,5,10H2,1-4H3,(H,16,17). The minimum absolute atomic E-state index is 0.0617. The van der Waals surface area contributed by atoms with Crippen molar-refractivity contribution in [2.45, 2.75) is 52.2 Å². The molecule has 0 saturated carbocycles. The largest absolute Gasteiger partial charge is 0.381 e. The molecule has 0 aliphatic heterocycles. The normalized spacial score (nSPS) is 13.2. The fourth-order valence-corrected chi connectivity index (χ4v) is 1.67. The quantitative estimate of drug-likeness (QED) is 0.840. The van der Waals surface area contributed by atoms with Crippen LogP contribution in [0.2, 0.25) is 0 Å². The Morgan fingerprint density at radius 2 is 1.89 bits per heavy atom. The van der Waals surface area contributed by atoms with Crippen molar-refractivity contribution in [3.63, 3.8) is 0 Å². The lowest BCUT2D eigenvalue weighted by Crippen LogP contribution is -2.47. The van der Waals surface area contributed by atoms with Crippen LogP contribution >= 0.6 is 0 Å². The van der Waals surface area contributed by atoms with Gasteiger partial charge in [-0.25, -0.2) is 0 Å². The van der Waals surface area contributed by atoms with Gasteiger partial charge in [0.25, 0.3) is 5.91 Å². The number of benzene rings is 1. The van der Waals surface area contributed by atoms with Crippen LogP contribution in [0.25, 0.3) is 0 Å². The molecule has 1 unspecified atom stereocenters. The van der Waals surface area contributed by atoms with Gasteiger partial charge in [-0.3, -0.25) is 4.79 Å². The maximum absolute atomic E-state index is 11.7. The number of nitrogens with one attached hydrogen (secondary N) is 1. The molecule has 0 aromatic heterocycles. The van der Waals surface area contributed by atoms with Gasteiger partial charge in [0.05, 0.1) is 0 Å². The van der Waals surface area contributed by atoms with Crippen molar-refractivity contribution in [1.29, 1.82) is 0 Å². The first kappa shape index (κ1) is 14.7. The monoisotopic (exact) mass is 249 g/mol. The summed E-state index contributed by atoms with van der Waals surface area (Å²) in [7, 11) is 0. The third-order valence-corrected chi connectivity index (χ3v) is 2.99. The summed E-state index contributed by atoms with van der Waals surface area (Å²) >= 11 is 0. The average Bonchev–Trinajstić information content (AvgIpc) is 2.29. The third kappa shape index (κ3) is 4.49. The number of aryl methyl sites for hydroxylation is 1. The molecule has 2 N–H and O–H groups in total. The molecule has 1 rings (SSSR count). The van der Waals surface area contributed by atoms with Crippen LogP contribution in [-0.2, 0) is 11.2 Å². The highest BCUT2D eigenvalue weighted by molar-refractivity contribution is 5.84. The summed E-state index contributed by atoms with van der Waals surface area (Å²) in [6.07, 6.45) is 1.63. The molecule has 0 radical (unpaired) electrons. The number of aliphatic hydroxyl groups is 1. The summed E-state index contributed by atoms with van der Waals surface area (Å²) in [6, 6.07) is 8.36. The Morgan fingerprint density at radius 1 is 1.33 bits per heavy atom. The van der Waals surface area contributed by atoms with Gasteiger partial charge in [-0.05, 0) is 39.2 Å². The number of hydrogen-bond donors (Lipinski definition) is 2. The van der Waals surface area contributed by atoms with E-state index >= 15 is 0 Å². The molecule has 3 nitrogen and oxygen atoms in total. The van der Waals surface area contributed by atoms with Crippen molar-refractivity contribution in [1.82, 2.24) is 5.32 Å². The summed E-state index contributed by atoms with van der Waals surface area (Å²) in [4.78, 5) is 11.7. The van der Waals surface area contributed by atoms with Crippen LogP contribution in [0.3, 0.4) is 0 Å². The molecular weight excluding hydrogens is 226 g/mol. The Hall–Kier alpha value is -1.35. The van der Waals surface area contributed by atoms with Crippen molar-refractivity contribution < 1.29 is 9.90 Å². The molecule has 100 valence electrons. The van der Waals surface area contributed by atoms with Crippen LogP contribution in [-0.4, -0.2) is 22.7 Å². The van der Waals surface area contributed by atoms with Crippen LogP contribution in [0.1, 0.15) is 38.3 Å². The molecule has 1 aromatic carbocycles. The number of carbonyl (C=O) groups excluding carboxylic acids is 1. The van der Waals surface area contributed by atoms with Crippen molar-refractivity contribution in [3.8, 4) is 0 Å². The predicted molar refractivity (Wildman–Crippen MR) is 73.4 cm³/mol. The van der Waals surface area contributed by atoms with E-state index in [1.165, 1.54) is 25.0 Å². The molecule has 1 atom stereocenters. The van der Waals surface area contributed by atoms with E-state index in [0.29, 0.717) is 0 Å². The topological polar surface area (TPSA) is 49.3 Å².